The normalized spacial score (nSPS) is 16.7. The first-order valence-electron chi connectivity index (χ1n) is 10.9. The lowest BCUT2D eigenvalue weighted by atomic mass is 9.90. The number of benzene rings is 2. The third-order valence-electron chi connectivity index (χ3n) is 5.94. The Labute approximate surface area is 188 Å². The molecule has 0 bridgehead atoms. The molecular weight excluding hydrogens is 404 g/mol. The first-order valence-corrected chi connectivity index (χ1v) is 10.9. The average Bonchev–Trinajstić information content (AvgIpc) is 3.33. The van der Waals surface area contributed by atoms with Crippen LogP contribution in [0.5, 0.6) is 0 Å². The minimum atomic E-state index is -0.511. The van der Waals surface area contributed by atoms with Crippen molar-refractivity contribution in [2.45, 2.75) is 24.9 Å². The molecule has 32 heavy (non-hydrogen) atoms. The summed E-state index contributed by atoms with van der Waals surface area (Å²) in [4.78, 5) is 29.4. The first-order chi connectivity index (χ1) is 15.6. The fourth-order valence-corrected chi connectivity index (χ4v) is 4.18. The van der Waals surface area contributed by atoms with Crippen LogP contribution in [0.3, 0.4) is 0 Å². The van der Waals surface area contributed by atoms with Crippen molar-refractivity contribution in [2.75, 3.05) is 26.7 Å². The number of hydrogen-bond donors (Lipinski definition) is 1. The maximum atomic E-state index is 12.9. The zero-order valence-electron chi connectivity index (χ0n) is 18.2. The van der Waals surface area contributed by atoms with E-state index in [4.69, 9.17) is 4.52 Å². The molecule has 0 spiro atoms. The summed E-state index contributed by atoms with van der Waals surface area (Å²) in [7, 11) is 1.71. The van der Waals surface area contributed by atoms with Gasteiger partial charge in [0.25, 0.3) is 0 Å². The van der Waals surface area contributed by atoms with Crippen molar-refractivity contribution in [3.63, 3.8) is 0 Å². The maximum absolute atomic E-state index is 12.9. The molecule has 7 nitrogen and oxygen atoms in total. The Hall–Kier alpha value is -3.45. The summed E-state index contributed by atoms with van der Waals surface area (Å²) in [5.74, 6) is 0.508. The second-order valence-corrected chi connectivity index (χ2v) is 8.11. The van der Waals surface area contributed by atoms with E-state index in [1.807, 2.05) is 36.4 Å². The van der Waals surface area contributed by atoms with Gasteiger partial charge in [-0.15, -0.1) is 0 Å². The van der Waals surface area contributed by atoms with Gasteiger partial charge in [0.1, 0.15) is 0 Å². The number of nitrogens with one attached hydrogen (secondary N) is 1. The van der Waals surface area contributed by atoms with Gasteiger partial charge in [-0.2, -0.15) is 0 Å². The molecule has 1 fully saturated rings. The summed E-state index contributed by atoms with van der Waals surface area (Å²) in [6.45, 7) is 2.26. The van der Waals surface area contributed by atoms with Gasteiger partial charge in [0.2, 0.25) is 11.8 Å². The van der Waals surface area contributed by atoms with E-state index in [9.17, 15) is 9.59 Å². The molecule has 166 valence electrons. The lowest BCUT2D eigenvalue weighted by Crippen LogP contribution is -2.57. The Morgan fingerprint density at radius 1 is 1.12 bits per heavy atom. The second-order valence-electron chi connectivity index (χ2n) is 8.11. The number of hydrogen-bond acceptors (Lipinski definition) is 5. The molecular formula is C25H28N4O3. The summed E-state index contributed by atoms with van der Waals surface area (Å²) in [6.07, 6.45) is 1.67. The lowest BCUT2D eigenvalue weighted by Gasteiger charge is -2.37. The zero-order valence-corrected chi connectivity index (χ0v) is 18.2. The summed E-state index contributed by atoms with van der Waals surface area (Å²) in [5, 5.41) is 6.60. The van der Waals surface area contributed by atoms with Gasteiger partial charge in [-0.3, -0.25) is 14.5 Å². The van der Waals surface area contributed by atoms with E-state index in [2.05, 4.69) is 39.6 Å². The standard InChI is InChI=1S/C25H28N4O3/c1-28(17-21-12-13-27-32-21)24(30)16-23-25(31)26-14-15-29(23)18-22(19-8-4-2-5-9-19)20-10-6-3-7-11-20/h2-13,22-23H,14-18H2,1H3,(H,26,31)/t23-/m0/s1. The van der Waals surface area contributed by atoms with Crippen molar-refractivity contribution < 1.29 is 14.1 Å². The minimum Gasteiger partial charge on any atom is -0.360 e. The Bertz CT molecular complexity index is 969. The number of carbonyl (C=O) groups is 2. The van der Waals surface area contributed by atoms with Crippen LogP contribution < -0.4 is 5.32 Å². The Morgan fingerprint density at radius 3 is 2.38 bits per heavy atom. The summed E-state index contributed by atoms with van der Waals surface area (Å²) in [5.41, 5.74) is 2.38. The Kier molecular flexibility index (Phi) is 6.97. The predicted octanol–water partition coefficient (Wildman–Crippen LogP) is 2.66. The van der Waals surface area contributed by atoms with Gasteiger partial charge >= 0.3 is 0 Å². The van der Waals surface area contributed by atoms with Gasteiger partial charge < -0.3 is 14.7 Å². The molecule has 2 amide bonds. The lowest BCUT2D eigenvalue weighted by molar-refractivity contribution is -0.138. The highest BCUT2D eigenvalue weighted by atomic mass is 16.5. The molecule has 0 aliphatic carbocycles. The third kappa shape index (κ3) is 5.23. The SMILES string of the molecule is CN(Cc1ccno1)C(=O)C[C@H]1C(=O)NCCN1CC(c1ccccc1)c1ccccc1. The van der Waals surface area contributed by atoms with E-state index >= 15 is 0 Å². The molecule has 4 rings (SSSR count). The van der Waals surface area contributed by atoms with Crippen LogP contribution in [0.15, 0.2) is 77.4 Å². The van der Waals surface area contributed by atoms with Gasteiger partial charge in [-0.25, -0.2) is 0 Å². The number of piperazine rings is 1. The Balaban J connectivity index is 1.52. The number of aromatic nitrogens is 1. The average molecular weight is 433 g/mol. The molecule has 2 aromatic carbocycles. The number of amides is 2. The number of nitrogens with zero attached hydrogens (tertiary/aromatic N) is 3. The van der Waals surface area contributed by atoms with Gasteiger partial charge in [-0.05, 0) is 11.1 Å². The highest BCUT2D eigenvalue weighted by molar-refractivity contribution is 5.88. The van der Waals surface area contributed by atoms with Gasteiger partial charge in [0, 0.05) is 38.7 Å². The molecule has 1 aliphatic heterocycles. The van der Waals surface area contributed by atoms with E-state index < -0.39 is 6.04 Å². The quantitative estimate of drug-likeness (QED) is 0.592. The summed E-state index contributed by atoms with van der Waals surface area (Å²) in [6, 6.07) is 21.8. The summed E-state index contributed by atoms with van der Waals surface area (Å²) >= 11 is 0. The van der Waals surface area contributed by atoms with Crippen molar-refractivity contribution in [1.82, 2.24) is 20.3 Å². The molecule has 1 saturated heterocycles. The zero-order chi connectivity index (χ0) is 22.3. The molecule has 1 aromatic heterocycles. The van der Waals surface area contributed by atoms with Gasteiger partial charge in [0.05, 0.1) is 25.2 Å². The van der Waals surface area contributed by atoms with Crippen molar-refractivity contribution in [2.24, 2.45) is 0 Å². The molecule has 0 saturated carbocycles. The van der Waals surface area contributed by atoms with Crippen molar-refractivity contribution in [3.8, 4) is 0 Å². The van der Waals surface area contributed by atoms with Crippen LogP contribution in [0.1, 0.15) is 29.2 Å². The fraction of sp³-hybridized carbons (Fsp3) is 0.320. The first kappa shape index (κ1) is 21.8. The molecule has 2 heterocycles. The number of rotatable bonds is 8. The fourth-order valence-electron chi connectivity index (χ4n) is 4.18. The van der Waals surface area contributed by atoms with E-state index in [-0.39, 0.29) is 24.2 Å². The second kappa shape index (κ2) is 10.2. The highest BCUT2D eigenvalue weighted by Gasteiger charge is 2.34. The maximum Gasteiger partial charge on any atom is 0.237 e. The van der Waals surface area contributed by atoms with E-state index in [0.29, 0.717) is 31.9 Å². The van der Waals surface area contributed by atoms with Crippen LogP contribution in [0.2, 0.25) is 0 Å². The molecule has 0 unspecified atom stereocenters. The van der Waals surface area contributed by atoms with Crippen molar-refractivity contribution in [3.05, 3.63) is 89.8 Å². The highest BCUT2D eigenvalue weighted by Crippen LogP contribution is 2.27. The van der Waals surface area contributed by atoms with Crippen molar-refractivity contribution >= 4 is 11.8 Å². The van der Waals surface area contributed by atoms with E-state index in [0.717, 1.165) is 0 Å². The monoisotopic (exact) mass is 432 g/mol. The van der Waals surface area contributed by atoms with Crippen molar-refractivity contribution in [1.29, 1.82) is 0 Å². The molecule has 3 aromatic rings. The predicted molar refractivity (Wildman–Crippen MR) is 121 cm³/mol. The molecule has 1 N–H and O–H groups in total. The third-order valence-corrected chi connectivity index (χ3v) is 5.94. The molecule has 1 aliphatic rings. The topological polar surface area (TPSA) is 78.7 Å². The van der Waals surface area contributed by atoms with Crippen LogP contribution in [0.4, 0.5) is 0 Å². The van der Waals surface area contributed by atoms with E-state index in [1.165, 1.54) is 11.1 Å². The molecule has 0 radical (unpaired) electrons. The van der Waals surface area contributed by atoms with Crippen LogP contribution in [-0.2, 0) is 16.1 Å². The largest absolute Gasteiger partial charge is 0.360 e. The van der Waals surface area contributed by atoms with Gasteiger partial charge in [-0.1, -0.05) is 65.8 Å². The van der Waals surface area contributed by atoms with Crippen LogP contribution in [-0.4, -0.2) is 59.5 Å². The van der Waals surface area contributed by atoms with Crippen LogP contribution in [0, 0.1) is 0 Å². The molecule has 1 atom stereocenters. The van der Waals surface area contributed by atoms with Gasteiger partial charge in [0.15, 0.2) is 5.76 Å². The van der Waals surface area contributed by atoms with E-state index in [1.54, 1.807) is 24.2 Å². The summed E-state index contributed by atoms with van der Waals surface area (Å²) < 4.78 is 5.10. The van der Waals surface area contributed by atoms with Crippen LogP contribution >= 0.6 is 0 Å². The number of carbonyl (C=O) groups excluding carboxylic acids is 2. The van der Waals surface area contributed by atoms with Crippen LogP contribution in [0.25, 0.3) is 0 Å². The Morgan fingerprint density at radius 2 is 1.78 bits per heavy atom. The minimum absolute atomic E-state index is 0.0995. The smallest absolute Gasteiger partial charge is 0.237 e. The molecule has 7 heteroatoms.